The quantitative estimate of drug-likeness (QED) is 0.741. The molecule has 3 aromatic rings. The lowest BCUT2D eigenvalue weighted by Gasteiger charge is -2.17. The van der Waals surface area contributed by atoms with Crippen LogP contribution in [0.5, 0.6) is 0 Å². The summed E-state index contributed by atoms with van der Waals surface area (Å²) in [6, 6.07) is 9.24. The standard InChI is InChI=1S/C16H15N3O2S/c1-11-7-8-22-14(11)9-19(2)16(20)13-5-3-12(4-6-13)15-18-17-10-21-15/h3-8,10H,9H2,1-2H3. The molecule has 0 aliphatic heterocycles. The van der Waals surface area contributed by atoms with E-state index in [1.54, 1.807) is 28.4 Å². The molecule has 0 unspecified atom stereocenters. The van der Waals surface area contributed by atoms with E-state index < -0.39 is 0 Å². The van der Waals surface area contributed by atoms with Crippen molar-refractivity contribution in [2.45, 2.75) is 13.5 Å². The van der Waals surface area contributed by atoms with E-state index in [9.17, 15) is 4.79 Å². The second-order valence-corrected chi connectivity index (χ2v) is 6.01. The van der Waals surface area contributed by atoms with Gasteiger partial charge in [-0.1, -0.05) is 0 Å². The topological polar surface area (TPSA) is 59.2 Å². The maximum Gasteiger partial charge on any atom is 0.253 e. The van der Waals surface area contributed by atoms with Crippen LogP contribution in [-0.4, -0.2) is 28.1 Å². The van der Waals surface area contributed by atoms with Crippen LogP contribution in [-0.2, 0) is 6.54 Å². The minimum Gasteiger partial charge on any atom is -0.423 e. The van der Waals surface area contributed by atoms with Crippen LogP contribution in [0.1, 0.15) is 20.8 Å². The smallest absolute Gasteiger partial charge is 0.253 e. The van der Waals surface area contributed by atoms with Gasteiger partial charge in [0.05, 0.1) is 6.54 Å². The first-order valence-electron chi connectivity index (χ1n) is 6.80. The van der Waals surface area contributed by atoms with Crippen LogP contribution in [0.3, 0.4) is 0 Å². The molecule has 0 radical (unpaired) electrons. The summed E-state index contributed by atoms with van der Waals surface area (Å²) in [6.07, 6.45) is 1.28. The zero-order valence-corrected chi connectivity index (χ0v) is 13.1. The summed E-state index contributed by atoms with van der Waals surface area (Å²) in [5.74, 6) is 0.437. The van der Waals surface area contributed by atoms with Crippen LogP contribution < -0.4 is 0 Å². The van der Waals surface area contributed by atoms with Crippen molar-refractivity contribution in [3.63, 3.8) is 0 Å². The molecule has 2 aromatic heterocycles. The Kier molecular flexibility index (Phi) is 4.02. The Morgan fingerprint density at radius 2 is 2.05 bits per heavy atom. The van der Waals surface area contributed by atoms with Crippen molar-refractivity contribution >= 4 is 17.2 Å². The van der Waals surface area contributed by atoms with Crippen LogP contribution >= 0.6 is 11.3 Å². The van der Waals surface area contributed by atoms with Crippen molar-refractivity contribution in [1.82, 2.24) is 15.1 Å². The van der Waals surface area contributed by atoms with Crippen molar-refractivity contribution in [3.8, 4) is 11.5 Å². The first-order valence-corrected chi connectivity index (χ1v) is 7.68. The Bertz CT molecular complexity index is 763. The second kappa shape index (κ2) is 6.11. The molecule has 0 atom stereocenters. The van der Waals surface area contributed by atoms with Crippen LogP contribution in [0.25, 0.3) is 11.5 Å². The highest BCUT2D eigenvalue weighted by Gasteiger charge is 2.14. The van der Waals surface area contributed by atoms with Gasteiger partial charge in [-0.2, -0.15) is 0 Å². The molecule has 0 saturated heterocycles. The number of aromatic nitrogens is 2. The number of benzene rings is 1. The highest BCUT2D eigenvalue weighted by molar-refractivity contribution is 7.10. The van der Waals surface area contributed by atoms with Crippen LogP contribution in [0.15, 0.2) is 46.5 Å². The fourth-order valence-corrected chi connectivity index (χ4v) is 3.09. The molecule has 0 fully saturated rings. The molecular weight excluding hydrogens is 298 g/mol. The summed E-state index contributed by atoms with van der Waals surface area (Å²) < 4.78 is 5.13. The molecule has 0 aliphatic rings. The van der Waals surface area contributed by atoms with Crippen LogP contribution in [0, 0.1) is 6.92 Å². The van der Waals surface area contributed by atoms with Gasteiger partial charge >= 0.3 is 0 Å². The zero-order valence-electron chi connectivity index (χ0n) is 12.3. The lowest BCUT2D eigenvalue weighted by molar-refractivity contribution is 0.0786. The van der Waals surface area contributed by atoms with E-state index >= 15 is 0 Å². The molecule has 22 heavy (non-hydrogen) atoms. The van der Waals surface area contributed by atoms with Crippen molar-refractivity contribution in [1.29, 1.82) is 0 Å². The molecule has 1 aromatic carbocycles. The average Bonchev–Trinajstić information content (AvgIpc) is 3.19. The first kappa shape index (κ1) is 14.5. The first-order chi connectivity index (χ1) is 10.6. The number of carbonyl (C=O) groups excluding carboxylic acids is 1. The summed E-state index contributed by atoms with van der Waals surface area (Å²) in [6.45, 7) is 2.68. The molecule has 1 amide bonds. The number of rotatable bonds is 4. The molecule has 6 heteroatoms. The van der Waals surface area contributed by atoms with E-state index in [2.05, 4.69) is 23.2 Å². The Balaban J connectivity index is 1.73. The summed E-state index contributed by atoms with van der Waals surface area (Å²) in [7, 11) is 1.81. The molecule has 112 valence electrons. The summed E-state index contributed by atoms with van der Waals surface area (Å²) in [5.41, 5.74) is 2.65. The third kappa shape index (κ3) is 2.92. The Labute approximate surface area is 132 Å². The van der Waals surface area contributed by atoms with Crippen molar-refractivity contribution in [2.24, 2.45) is 0 Å². The van der Waals surface area contributed by atoms with E-state index in [-0.39, 0.29) is 5.91 Å². The van der Waals surface area contributed by atoms with Gasteiger partial charge in [-0.05, 0) is 48.2 Å². The van der Waals surface area contributed by atoms with Crippen molar-refractivity contribution in [3.05, 3.63) is 58.1 Å². The monoisotopic (exact) mass is 313 g/mol. The number of hydrogen-bond donors (Lipinski definition) is 0. The van der Waals surface area contributed by atoms with Gasteiger partial charge in [-0.25, -0.2) is 0 Å². The average molecular weight is 313 g/mol. The molecule has 2 heterocycles. The molecule has 3 rings (SSSR count). The fourth-order valence-electron chi connectivity index (χ4n) is 2.13. The van der Waals surface area contributed by atoms with Gasteiger partial charge < -0.3 is 9.32 Å². The number of hydrogen-bond acceptors (Lipinski definition) is 5. The summed E-state index contributed by atoms with van der Waals surface area (Å²) in [4.78, 5) is 15.4. The highest BCUT2D eigenvalue weighted by Crippen LogP contribution is 2.20. The second-order valence-electron chi connectivity index (χ2n) is 5.01. The number of nitrogens with zero attached hydrogens (tertiary/aromatic N) is 3. The van der Waals surface area contributed by atoms with E-state index in [0.29, 0.717) is 18.0 Å². The lowest BCUT2D eigenvalue weighted by Crippen LogP contribution is -2.26. The Hall–Kier alpha value is -2.47. The molecule has 0 saturated carbocycles. The third-order valence-electron chi connectivity index (χ3n) is 3.43. The predicted molar refractivity (Wildman–Crippen MR) is 84.6 cm³/mol. The van der Waals surface area contributed by atoms with Gasteiger partial charge in [-0.3, -0.25) is 4.79 Å². The third-order valence-corrected chi connectivity index (χ3v) is 4.44. The normalized spacial score (nSPS) is 10.6. The maximum absolute atomic E-state index is 12.5. The predicted octanol–water partition coefficient (Wildman–Crippen LogP) is 3.38. The van der Waals surface area contributed by atoms with Gasteiger partial charge in [0.15, 0.2) is 0 Å². The molecule has 0 bridgehead atoms. The van der Waals surface area contributed by atoms with Crippen molar-refractivity contribution < 1.29 is 9.21 Å². The molecule has 0 aliphatic carbocycles. The summed E-state index contributed by atoms with van der Waals surface area (Å²) in [5, 5.41) is 9.53. The van der Waals surface area contributed by atoms with Gasteiger partial charge in [-0.15, -0.1) is 21.5 Å². The lowest BCUT2D eigenvalue weighted by atomic mass is 10.1. The Morgan fingerprint density at radius 3 is 2.64 bits per heavy atom. The summed E-state index contributed by atoms with van der Waals surface area (Å²) >= 11 is 1.67. The van der Waals surface area contributed by atoms with Gasteiger partial charge in [0.1, 0.15) is 0 Å². The van der Waals surface area contributed by atoms with Gasteiger partial charge in [0.25, 0.3) is 5.91 Å². The maximum atomic E-state index is 12.5. The molecule has 5 nitrogen and oxygen atoms in total. The van der Waals surface area contributed by atoms with Crippen molar-refractivity contribution in [2.75, 3.05) is 7.05 Å². The van der Waals surface area contributed by atoms with Crippen LogP contribution in [0.2, 0.25) is 0 Å². The number of carbonyl (C=O) groups is 1. The number of thiophene rings is 1. The molecule has 0 spiro atoms. The van der Waals surface area contributed by atoms with E-state index in [0.717, 1.165) is 5.56 Å². The van der Waals surface area contributed by atoms with E-state index in [4.69, 9.17) is 4.42 Å². The van der Waals surface area contributed by atoms with E-state index in [1.807, 2.05) is 24.6 Å². The molecule has 0 N–H and O–H groups in total. The number of amides is 1. The Morgan fingerprint density at radius 1 is 1.27 bits per heavy atom. The zero-order chi connectivity index (χ0) is 15.5. The largest absolute Gasteiger partial charge is 0.423 e. The van der Waals surface area contributed by atoms with Gasteiger partial charge in [0, 0.05) is 23.1 Å². The number of aryl methyl sites for hydroxylation is 1. The van der Waals surface area contributed by atoms with Gasteiger partial charge in [0.2, 0.25) is 12.3 Å². The highest BCUT2D eigenvalue weighted by atomic mass is 32.1. The fraction of sp³-hybridized carbons (Fsp3) is 0.188. The SMILES string of the molecule is Cc1ccsc1CN(C)C(=O)c1ccc(-c2nnco2)cc1. The van der Waals surface area contributed by atoms with Crippen LogP contribution in [0.4, 0.5) is 0 Å². The van der Waals surface area contributed by atoms with E-state index in [1.165, 1.54) is 16.8 Å². The minimum absolute atomic E-state index is 0.00937. The molecular formula is C16H15N3O2S. The minimum atomic E-state index is -0.00937.